The zero-order chi connectivity index (χ0) is 21.5. The first-order chi connectivity index (χ1) is 12.7. The number of halogens is 6. The number of carbonyl (C=O) groups excluding carboxylic acids is 1. The summed E-state index contributed by atoms with van der Waals surface area (Å²) in [6.07, 6.45) is -5.24. The number of alkyl halides is 3. The molecule has 0 fully saturated rings. The third kappa shape index (κ3) is 4.24. The van der Waals surface area contributed by atoms with E-state index in [-0.39, 0.29) is 22.4 Å². The monoisotopic (exact) mass is 459 g/mol. The Morgan fingerprint density at radius 2 is 1.54 bits per heavy atom. The molecule has 0 radical (unpaired) electrons. The van der Waals surface area contributed by atoms with Crippen LogP contribution in [0.3, 0.4) is 0 Å². The van der Waals surface area contributed by atoms with E-state index in [0.717, 1.165) is 36.4 Å². The number of nitrogens with one attached hydrogen (secondary N) is 1. The molecule has 0 saturated heterocycles. The molecule has 1 amide bonds. The van der Waals surface area contributed by atoms with Gasteiger partial charge < -0.3 is 10.4 Å². The van der Waals surface area contributed by atoms with Crippen molar-refractivity contribution in [2.24, 2.45) is 0 Å². The van der Waals surface area contributed by atoms with Gasteiger partial charge in [0.15, 0.2) is 0 Å². The minimum atomic E-state index is -5.24. The maximum atomic E-state index is 13.2. The SMILES string of the molecule is CC(O)(C(=O)Nc1ccc(S(=O)(=O)c2ccc(F)c(Cl)c2)cc1Cl)C(F)(F)F. The van der Waals surface area contributed by atoms with E-state index in [0.29, 0.717) is 0 Å². The van der Waals surface area contributed by atoms with Crippen LogP contribution < -0.4 is 5.32 Å². The topological polar surface area (TPSA) is 83.5 Å². The van der Waals surface area contributed by atoms with Gasteiger partial charge in [-0.05, 0) is 43.3 Å². The molecule has 152 valence electrons. The van der Waals surface area contributed by atoms with Crippen LogP contribution >= 0.6 is 23.2 Å². The molecule has 1 unspecified atom stereocenters. The maximum absolute atomic E-state index is 13.2. The van der Waals surface area contributed by atoms with Gasteiger partial charge in [0, 0.05) is 0 Å². The van der Waals surface area contributed by atoms with Gasteiger partial charge in [0.2, 0.25) is 15.4 Å². The Hall–Kier alpha value is -1.88. The number of amides is 1. The molecule has 0 aromatic heterocycles. The fraction of sp³-hybridized carbons (Fsp3) is 0.188. The smallest absolute Gasteiger partial charge is 0.373 e. The molecule has 0 aliphatic heterocycles. The number of benzene rings is 2. The number of carbonyl (C=O) groups is 1. The molecule has 0 heterocycles. The van der Waals surface area contributed by atoms with Crippen molar-refractivity contribution in [2.45, 2.75) is 28.5 Å². The van der Waals surface area contributed by atoms with Crippen LogP contribution in [0.2, 0.25) is 10.0 Å². The van der Waals surface area contributed by atoms with Gasteiger partial charge >= 0.3 is 6.18 Å². The number of anilines is 1. The molecular weight excluding hydrogens is 449 g/mol. The first-order valence-corrected chi connectivity index (χ1v) is 9.52. The summed E-state index contributed by atoms with van der Waals surface area (Å²) in [5, 5.41) is 10.3. The normalized spacial score (nSPS) is 14.4. The summed E-state index contributed by atoms with van der Waals surface area (Å²) in [7, 11) is -4.18. The van der Waals surface area contributed by atoms with Crippen LogP contribution in [0.4, 0.5) is 23.2 Å². The summed E-state index contributed by atoms with van der Waals surface area (Å²) in [5.74, 6) is -2.63. The van der Waals surface area contributed by atoms with Crippen LogP contribution in [0.15, 0.2) is 46.2 Å². The lowest BCUT2D eigenvalue weighted by Crippen LogP contribution is -2.52. The molecule has 28 heavy (non-hydrogen) atoms. The van der Waals surface area contributed by atoms with Crippen LogP contribution in [0, 0.1) is 5.82 Å². The summed E-state index contributed by atoms with van der Waals surface area (Å²) in [5.41, 5.74) is -4.04. The Balaban J connectivity index is 2.36. The standard InChI is InChI=1S/C16H11Cl2F4NO4S/c1-15(25,16(20,21)22)14(24)23-13-5-3-9(7-11(13)18)28(26,27)8-2-4-12(19)10(17)6-8/h2-7,25H,1H3,(H,23,24). The Morgan fingerprint density at radius 3 is 2.00 bits per heavy atom. The van der Waals surface area contributed by atoms with Gasteiger partial charge in [-0.15, -0.1) is 0 Å². The molecule has 2 rings (SSSR count). The molecule has 0 aliphatic carbocycles. The van der Waals surface area contributed by atoms with Crippen molar-refractivity contribution in [3.63, 3.8) is 0 Å². The first-order valence-electron chi connectivity index (χ1n) is 7.28. The quantitative estimate of drug-likeness (QED) is 0.529. The third-order valence-electron chi connectivity index (χ3n) is 3.69. The van der Waals surface area contributed by atoms with Gasteiger partial charge in [0.05, 0.1) is 25.5 Å². The molecule has 0 saturated carbocycles. The average Bonchev–Trinajstić information content (AvgIpc) is 2.57. The highest BCUT2D eigenvalue weighted by Gasteiger charge is 2.55. The lowest BCUT2D eigenvalue weighted by atomic mass is 10.1. The van der Waals surface area contributed by atoms with Crippen molar-refractivity contribution in [3.05, 3.63) is 52.3 Å². The summed E-state index contributed by atoms with van der Waals surface area (Å²) in [4.78, 5) is 11.0. The highest BCUT2D eigenvalue weighted by molar-refractivity contribution is 7.91. The van der Waals surface area contributed by atoms with Crippen molar-refractivity contribution in [3.8, 4) is 0 Å². The molecular formula is C16H11Cl2F4NO4S. The molecule has 2 aromatic carbocycles. The van der Waals surface area contributed by atoms with E-state index < -0.39 is 43.4 Å². The zero-order valence-electron chi connectivity index (χ0n) is 13.8. The van der Waals surface area contributed by atoms with Crippen LogP contribution in [0.1, 0.15) is 6.92 Å². The second kappa shape index (κ2) is 7.51. The van der Waals surface area contributed by atoms with Crippen molar-refractivity contribution in [1.29, 1.82) is 0 Å². The molecule has 0 bridgehead atoms. The van der Waals surface area contributed by atoms with Gasteiger partial charge in [0.25, 0.3) is 5.91 Å². The van der Waals surface area contributed by atoms with E-state index in [9.17, 15) is 35.9 Å². The largest absolute Gasteiger partial charge is 0.426 e. The third-order valence-corrected chi connectivity index (χ3v) is 6.05. The van der Waals surface area contributed by atoms with E-state index in [4.69, 9.17) is 23.2 Å². The highest BCUT2D eigenvalue weighted by atomic mass is 35.5. The average molecular weight is 460 g/mol. The van der Waals surface area contributed by atoms with Gasteiger partial charge in [-0.3, -0.25) is 4.79 Å². The Labute approximate surface area is 166 Å². The predicted octanol–water partition coefficient (Wildman–Crippen LogP) is 4.22. The second-order valence-electron chi connectivity index (χ2n) is 5.75. The predicted molar refractivity (Wildman–Crippen MR) is 93.6 cm³/mol. The fourth-order valence-corrected chi connectivity index (χ4v) is 3.77. The van der Waals surface area contributed by atoms with E-state index in [1.807, 2.05) is 0 Å². The minimum Gasteiger partial charge on any atom is -0.373 e. The lowest BCUT2D eigenvalue weighted by molar-refractivity contribution is -0.242. The number of hydrogen-bond acceptors (Lipinski definition) is 4. The van der Waals surface area contributed by atoms with Crippen LogP contribution in [0.5, 0.6) is 0 Å². The zero-order valence-corrected chi connectivity index (χ0v) is 16.1. The van der Waals surface area contributed by atoms with Gasteiger partial charge in [-0.1, -0.05) is 23.2 Å². The van der Waals surface area contributed by atoms with Crippen molar-refractivity contribution in [2.75, 3.05) is 5.32 Å². The minimum absolute atomic E-state index is 0.257. The maximum Gasteiger partial charge on any atom is 0.426 e. The highest BCUT2D eigenvalue weighted by Crippen LogP contribution is 2.33. The van der Waals surface area contributed by atoms with Gasteiger partial charge in [-0.25, -0.2) is 12.8 Å². The molecule has 2 N–H and O–H groups in total. The summed E-state index contributed by atoms with van der Waals surface area (Å²) >= 11 is 11.4. The Kier molecular flexibility index (Phi) is 6.01. The Morgan fingerprint density at radius 1 is 1.04 bits per heavy atom. The van der Waals surface area contributed by atoms with Crippen LogP contribution in [-0.2, 0) is 14.6 Å². The van der Waals surface area contributed by atoms with Crippen molar-refractivity contribution >= 4 is 44.6 Å². The van der Waals surface area contributed by atoms with E-state index in [1.54, 1.807) is 5.32 Å². The van der Waals surface area contributed by atoms with Crippen molar-refractivity contribution < 1.29 is 35.9 Å². The lowest BCUT2D eigenvalue weighted by Gasteiger charge is -2.25. The first kappa shape index (κ1) is 22.4. The summed E-state index contributed by atoms with van der Waals surface area (Å²) < 4.78 is 76.4. The van der Waals surface area contributed by atoms with Gasteiger partial charge in [0.1, 0.15) is 5.82 Å². The number of rotatable bonds is 4. The molecule has 0 aliphatic rings. The number of hydrogen-bond donors (Lipinski definition) is 2. The number of sulfone groups is 1. The number of aliphatic hydroxyl groups is 1. The molecule has 1 atom stereocenters. The van der Waals surface area contributed by atoms with E-state index in [2.05, 4.69) is 0 Å². The second-order valence-corrected chi connectivity index (χ2v) is 8.51. The van der Waals surface area contributed by atoms with Crippen LogP contribution in [-0.4, -0.2) is 31.2 Å². The summed E-state index contributed by atoms with van der Waals surface area (Å²) in [6, 6.07) is 5.51. The van der Waals surface area contributed by atoms with Crippen molar-refractivity contribution in [1.82, 2.24) is 0 Å². The molecule has 5 nitrogen and oxygen atoms in total. The Bertz CT molecular complexity index is 1040. The van der Waals surface area contributed by atoms with Gasteiger partial charge in [-0.2, -0.15) is 13.2 Å². The van der Waals surface area contributed by atoms with Crippen LogP contribution in [0.25, 0.3) is 0 Å². The molecule has 12 heteroatoms. The summed E-state index contributed by atoms with van der Waals surface area (Å²) in [6.45, 7) is 0.257. The molecule has 0 spiro atoms. The molecule has 2 aromatic rings. The van der Waals surface area contributed by atoms with E-state index in [1.165, 1.54) is 0 Å². The van der Waals surface area contributed by atoms with E-state index >= 15 is 0 Å². The fourth-order valence-electron chi connectivity index (χ4n) is 1.92.